The zero-order valence-electron chi connectivity index (χ0n) is 13.8. The molecule has 0 unspecified atom stereocenters. The van der Waals surface area contributed by atoms with Gasteiger partial charge in [0.1, 0.15) is 5.82 Å². The lowest BCUT2D eigenvalue weighted by Crippen LogP contribution is -2.24. The van der Waals surface area contributed by atoms with Crippen molar-refractivity contribution >= 4 is 45.3 Å². The monoisotopic (exact) mass is 427 g/mol. The molecular formula is C18H16BrClFNO3. The first kappa shape index (κ1) is 19.4. The molecule has 0 aromatic heterocycles. The van der Waals surface area contributed by atoms with E-state index < -0.39 is 17.3 Å². The van der Waals surface area contributed by atoms with Crippen molar-refractivity contribution < 1.29 is 19.1 Å². The highest BCUT2D eigenvalue weighted by molar-refractivity contribution is 9.10. The third-order valence-corrected chi connectivity index (χ3v) is 4.61. The van der Waals surface area contributed by atoms with Gasteiger partial charge in [-0.05, 0) is 63.3 Å². The van der Waals surface area contributed by atoms with Crippen LogP contribution < -0.4 is 4.42 Å². The molecular weight excluding hydrogens is 413 g/mol. The molecule has 0 aliphatic carbocycles. The van der Waals surface area contributed by atoms with E-state index >= 15 is 0 Å². The van der Waals surface area contributed by atoms with Gasteiger partial charge in [-0.3, -0.25) is 4.79 Å². The highest BCUT2D eigenvalue weighted by atomic mass is 79.9. The van der Waals surface area contributed by atoms with Gasteiger partial charge >= 0.3 is 6.09 Å². The standard InChI is InChI=1S/C18H16BrClFNO3/c1-18(2,3)13-8-12(14(19)9-15(13)22(20)17(24)25)16(23)10-4-6-11(21)7-5-10/h4-9H,1-3H3,(H,24,25). The molecule has 7 heteroatoms. The predicted molar refractivity (Wildman–Crippen MR) is 99.0 cm³/mol. The molecule has 0 saturated heterocycles. The zero-order valence-corrected chi connectivity index (χ0v) is 16.2. The SMILES string of the molecule is CC(C)(C)c1cc(C(=O)c2ccc(F)cc2)c(Br)cc1N(Cl)C(=O)O. The molecule has 0 radical (unpaired) electrons. The molecule has 0 heterocycles. The van der Waals surface area contributed by atoms with E-state index in [0.29, 0.717) is 25.6 Å². The van der Waals surface area contributed by atoms with Crippen molar-refractivity contribution in [3.63, 3.8) is 0 Å². The summed E-state index contributed by atoms with van der Waals surface area (Å²) in [5, 5.41) is 9.18. The number of rotatable bonds is 3. The lowest BCUT2D eigenvalue weighted by Gasteiger charge is -2.26. The van der Waals surface area contributed by atoms with Crippen LogP contribution in [0.1, 0.15) is 42.3 Å². The van der Waals surface area contributed by atoms with Crippen molar-refractivity contribution in [3.8, 4) is 0 Å². The Bertz CT molecular complexity index is 831. The summed E-state index contributed by atoms with van der Waals surface area (Å²) >= 11 is 9.18. The Morgan fingerprint density at radius 1 is 1.16 bits per heavy atom. The molecule has 1 amide bonds. The van der Waals surface area contributed by atoms with Gasteiger partial charge in [-0.15, -0.1) is 0 Å². The van der Waals surface area contributed by atoms with Gasteiger partial charge < -0.3 is 5.11 Å². The summed E-state index contributed by atoms with van der Waals surface area (Å²) in [6, 6.07) is 8.35. The molecule has 0 spiro atoms. The minimum absolute atomic E-state index is 0.268. The van der Waals surface area contributed by atoms with Crippen molar-refractivity contribution in [2.75, 3.05) is 4.42 Å². The minimum atomic E-state index is -1.32. The number of halogens is 3. The predicted octanol–water partition coefficient (Wildman–Crippen LogP) is 5.75. The van der Waals surface area contributed by atoms with E-state index in [0.717, 1.165) is 0 Å². The fourth-order valence-corrected chi connectivity index (χ4v) is 3.01. The minimum Gasteiger partial charge on any atom is -0.464 e. The number of amides is 1. The van der Waals surface area contributed by atoms with Crippen molar-refractivity contribution in [2.24, 2.45) is 0 Å². The fourth-order valence-electron chi connectivity index (χ4n) is 2.36. The number of ketones is 1. The van der Waals surface area contributed by atoms with Crippen LogP contribution in [0.25, 0.3) is 0 Å². The molecule has 132 valence electrons. The number of carboxylic acid groups (broad SMARTS) is 1. The summed E-state index contributed by atoms with van der Waals surface area (Å²) in [5.41, 5.74) is 1.07. The van der Waals surface area contributed by atoms with E-state index in [9.17, 15) is 19.1 Å². The van der Waals surface area contributed by atoms with Crippen molar-refractivity contribution in [3.05, 3.63) is 63.4 Å². The van der Waals surface area contributed by atoms with Crippen LogP contribution in [0.3, 0.4) is 0 Å². The average Bonchev–Trinajstić information content (AvgIpc) is 2.52. The summed E-state index contributed by atoms with van der Waals surface area (Å²) in [4.78, 5) is 24.0. The van der Waals surface area contributed by atoms with Gasteiger partial charge in [0.05, 0.1) is 5.69 Å². The van der Waals surface area contributed by atoms with E-state index in [2.05, 4.69) is 15.9 Å². The van der Waals surface area contributed by atoms with E-state index in [1.807, 2.05) is 20.8 Å². The summed E-state index contributed by atoms with van der Waals surface area (Å²) in [5.74, 6) is -0.735. The molecule has 0 atom stereocenters. The van der Waals surface area contributed by atoms with Crippen molar-refractivity contribution in [1.29, 1.82) is 0 Å². The van der Waals surface area contributed by atoms with E-state index in [1.165, 1.54) is 30.3 Å². The maximum Gasteiger partial charge on any atom is 0.426 e. The molecule has 0 aliphatic rings. The number of benzene rings is 2. The third kappa shape index (κ3) is 4.19. The summed E-state index contributed by atoms with van der Waals surface area (Å²) in [7, 11) is 0. The Labute approximate surface area is 158 Å². The number of nitrogens with zero attached hydrogens (tertiary/aromatic N) is 1. The Morgan fingerprint density at radius 2 is 1.72 bits per heavy atom. The first-order chi connectivity index (χ1) is 11.5. The van der Waals surface area contributed by atoms with E-state index in [1.54, 1.807) is 6.07 Å². The second-order valence-corrected chi connectivity index (χ2v) is 7.69. The maximum atomic E-state index is 13.1. The number of carbonyl (C=O) groups is 2. The number of anilines is 1. The van der Waals surface area contributed by atoms with Gasteiger partial charge in [0.25, 0.3) is 0 Å². The van der Waals surface area contributed by atoms with Crippen LogP contribution in [0.15, 0.2) is 40.9 Å². The second kappa shape index (κ2) is 7.14. The smallest absolute Gasteiger partial charge is 0.426 e. The summed E-state index contributed by atoms with van der Waals surface area (Å²) < 4.78 is 14.1. The largest absolute Gasteiger partial charge is 0.464 e. The van der Waals surface area contributed by atoms with Crippen LogP contribution in [0, 0.1) is 5.82 Å². The number of hydrogen-bond donors (Lipinski definition) is 1. The van der Waals surface area contributed by atoms with Crippen LogP contribution in [0.4, 0.5) is 14.9 Å². The Morgan fingerprint density at radius 3 is 2.20 bits per heavy atom. The highest BCUT2D eigenvalue weighted by Crippen LogP contribution is 2.38. The van der Waals surface area contributed by atoms with Gasteiger partial charge in [0, 0.05) is 27.4 Å². The third-order valence-electron chi connectivity index (χ3n) is 3.62. The van der Waals surface area contributed by atoms with Crippen molar-refractivity contribution in [1.82, 2.24) is 0 Å². The Balaban J connectivity index is 2.62. The first-order valence-electron chi connectivity index (χ1n) is 7.35. The molecule has 2 aromatic carbocycles. The molecule has 2 aromatic rings. The van der Waals surface area contributed by atoms with E-state index in [4.69, 9.17) is 11.8 Å². The summed E-state index contributed by atoms with van der Waals surface area (Å²) in [6.45, 7) is 5.66. The maximum absolute atomic E-state index is 13.1. The second-order valence-electron chi connectivity index (χ2n) is 6.50. The van der Waals surface area contributed by atoms with Crippen LogP contribution in [-0.4, -0.2) is 17.0 Å². The zero-order chi connectivity index (χ0) is 18.9. The van der Waals surface area contributed by atoms with Gasteiger partial charge in [-0.2, -0.15) is 4.42 Å². The molecule has 1 N–H and O–H groups in total. The molecule has 0 aliphatic heterocycles. The Hall–Kier alpha value is -1.92. The normalized spacial score (nSPS) is 11.3. The molecule has 4 nitrogen and oxygen atoms in total. The molecule has 0 fully saturated rings. The fraction of sp³-hybridized carbons (Fsp3) is 0.222. The van der Waals surface area contributed by atoms with Crippen LogP contribution in [0.5, 0.6) is 0 Å². The van der Waals surface area contributed by atoms with Gasteiger partial charge in [-0.1, -0.05) is 20.8 Å². The highest BCUT2D eigenvalue weighted by Gasteiger charge is 2.27. The molecule has 0 bridgehead atoms. The van der Waals surface area contributed by atoms with Gasteiger partial charge in [0.2, 0.25) is 0 Å². The number of hydrogen-bond acceptors (Lipinski definition) is 2. The summed E-state index contributed by atoms with van der Waals surface area (Å²) in [6.07, 6.45) is -1.32. The van der Waals surface area contributed by atoms with Crippen LogP contribution in [0.2, 0.25) is 0 Å². The van der Waals surface area contributed by atoms with Crippen molar-refractivity contribution in [2.45, 2.75) is 26.2 Å². The number of carbonyl (C=O) groups excluding carboxylic acids is 1. The molecule has 0 saturated carbocycles. The first-order valence-corrected chi connectivity index (χ1v) is 8.48. The van der Waals surface area contributed by atoms with Gasteiger partial charge in [-0.25, -0.2) is 9.18 Å². The van der Waals surface area contributed by atoms with Crippen LogP contribution in [-0.2, 0) is 5.41 Å². The Kier molecular flexibility index (Phi) is 5.54. The van der Waals surface area contributed by atoms with Gasteiger partial charge in [0.15, 0.2) is 5.78 Å². The lowest BCUT2D eigenvalue weighted by molar-refractivity contribution is 0.103. The topological polar surface area (TPSA) is 57.6 Å². The lowest BCUT2D eigenvalue weighted by atomic mass is 9.84. The van der Waals surface area contributed by atoms with E-state index in [-0.39, 0.29) is 11.5 Å². The molecule has 2 rings (SSSR count). The quantitative estimate of drug-likeness (QED) is 0.500. The molecule has 25 heavy (non-hydrogen) atoms. The van der Waals surface area contributed by atoms with Crippen LogP contribution >= 0.6 is 27.7 Å². The average molecular weight is 429 g/mol.